The third kappa shape index (κ3) is 2.37. The van der Waals surface area contributed by atoms with E-state index in [2.05, 4.69) is 15.9 Å². The maximum absolute atomic E-state index is 12.3. The molecule has 1 unspecified atom stereocenters. The number of nitrogens with zero attached hydrogens (tertiary/aromatic N) is 2. The van der Waals surface area contributed by atoms with Crippen LogP contribution in [-0.4, -0.2) is 25.3 Å². The van der Waals surface area contributed by atoms with Gasteiger partial charge < -0.3 is 0 Å². The van der Waals surface area contributed by atoms with E-state index in [1.807, 2.05) is 6.07 Å². The maximum Gasteiger partial charge on any atom is 0.244 e. The molecule has 1 aromatic rings. The Labute approximate surface area is 109 Å². The summed E-state index contributed by atoms with van der Waals surface area (Å²) in [5.41, 5.74) is 0. The van der Waals surface area contributed by atoms with Crippen molar-refractivity contribution in [3.63, 3.8) is 0 Å². The number of benzene rings is 1. The molecule has 1 aliphatic rings. The minimum atomic E-state index is -3.54. The highest BCUT2D eigenvalue weighted by molar-refractivity contribution is 9.10. The summed E-state index contributed by atoms with van der Waals surface area (Å²) in [6, 6.07) is 8.06. The van der Waals surface area contributed by atoms with Crippen LogP contribution >= 0.6 is 15.9 Å². The fourth-order valence-corrected chi connectivity index (χ4v) is 4.12. The number of rotatable bonds is 2. The summed E-state index contributed by atoms with van der Waals surface area (Å²) in [7, 11) is -3.54. The van der Waals surface area contributed by atoms with E-state index in [0.29, 0.717) is 17.4 Å². The number of hydrogen-bond acceptors (Lipinski definition) is 3. The van der Waals surface area contributed by atoms with Gasteiger partial charge in [-0.15, -0.1) is 0 Å². The second-order valence-corrected chi connectivity index (χ2v) is 6.67. The van der Waals surface area contributed by atoms with Crippen molar-refractivity contribution in [1.82, 2.24) is 4.31 Å². The molecule has 0 spiro atoms. The Morgan fingerprint density at radius 1 is 1.47 bits per heavy atom. The van der Waals surface area contributed by atoms with E-state index in [9.17, 15) is 8.42 Å². The van der Waals surface area contributed by atoms with Gasteiger partial charge in [0.15, 0.2) is 0 Å². The van der Waals surface area contributed by atoms with Gasteiger partial charge in [-0.1, -0.05) is 22.0 Å². The number of hydrogen-bond donors (Lipinski definition) is 0. The van der Waals surface area contributed by atoms with Crippen molar-refractivity contribution in [2.45, 2.75) is 23.8 Å². The van der Waals surface area contributed by atoms with Crippen molar-refractivity contribution in [3.8, 4) is 6.07 Å². The van der Waals surface area contributed by atoms with E-state index in [4.69, 9.17) is 5.26 Å². The van der Waals surface area contributed by atoms with Crippen LogP contribution in [0.15, 0.2) is 33.6 Å². The van der Waals surface area contributed by atoms with Gasteiger partial charge in [-0.3, -0.25) is 0 Å². The summed E-state index contributed by atoms with van der Waals surface area (Å²) in [4.78, 5) is 0.231. The summed E-state index contributed by atoms with van der Waals surface area (Å²) in [5.74, 6) is 0. The highest BCUT2D eigenvalue weighted by Gasteiger charge is 2.35. The first-order valence-corrected chi connectivity index (χ1v) is 7.46. The van der Waals surface area contributed by atoms with Crippen LogP contribution in [0.5, 0.6) is 0 Å². The molecule has 90 valence electrons. The molecule has 6 heteroatoms. The van der Waals surface area contributed by atoms with Gasteiger partial charge in [-0.2, -0.15) is 9.57 Å². The third-order valence-corrected chi connectivity index (χ3v) is 5.15. The quantitative estimate of drug-likeness (QED) is 0.840. The topological polar surface area (TPSA) is 61.2 Å². The van der Waals surface area contributed by atoms with E-state index in [1.54, 1.807) is 24.3 Å². The maximum atomic E-state index is 12.3. The number of sulfonamides is 1. The molecule has 1 fully saturated rings. The lowest BCUT2D eigenvalue weighted by molar-refractivity contribution is 0.437. The second-order valence-electron chi connectivity index (χ2n) is 3.86. The van der Waals surface area contributed by atoms with Crippen LogP contribution in [0.25, 0.3) is 0 Å². The normalized spacial score (nSPS) is 21.3. The van der Waals surface area contributed by atoms with Crippen molar-refractivity contribution in [3.05, 3.63) is 28.7 Å². The molecule has 0 bridgehead atoms. The SMILES string of the molecule is N#CC1CCCN1S(=O)(=O)c1cccc(Br)c1. The van der Waals surface area contributed by atoms with Gasteiger partial charge in [0.1, 0.15) is 6.04 Å². The molecule has 1 saturated heterocycles. The number of halogens is 1. The fourth-order valence-electron chi connectivity index (χ4n) is 1.92. The van der Waals surface area contributed by atoms with Gasteiger partial charge in [-0.05, 0) is 31.0 Å². The van der Waals surface area contributed by atoms with Crippen LogP contribution in [0.4, 0.5) is 0 Å². The minimum Gasteiger partial charge on any atom is -0.207 e. The standard InChI is InChI=1S/C11H11BrN2O2S/c12-9-3-1-5-11(7-9)17(15,16)14-6-2-4-10(14)8-13/h1,3,5,7,10H,2,4,6H2. The molecular formula is C11H11BrN2O2S. The molecule has 0 aromatic heterocycles. The molecule has 4 nitrogen and oxygen atoms in total. The summed E-state index contributed by atoms with van der Waals surface area (Å²) in [6.07, 6.45) is 1.36. The van der Waals surface area contributed by atoms with Gasteiger partial charge in [0.25, 0.3) is 0 Å². The zero-order valence-corrected chi connectivity index (χ0v) is 11.4. The fraction of sp³-hybridized carbons (Fsp3) is 0.364. The Bertz CT molecular complexity index is 565. The summed E-state index contributed by atoms with van der Waals surface area (Å²) >= 11 is 3.25. The molecule has 0 radical (unpaired) electrons. The Morgan fingerprint density at radius 3 is 2.88 bits per heavy atom. The van der Waals surface area contributed by atoms with Crippen LogP contribution in [0.1, 0.15) is 12.8 Å². The van der Waals surface area contributed by atoms with Crippen LogP contribution in [0.3, 0.4) is 0 Å². The third-order valence-electron chi connectivity index (χ3n) is 2.76. The molecule has 17 heavy (non-hydrogen) atoms. The molecule has 1 heterocycles. The monoisotopic (exact) mass is 314 g/mol. The molecule has 1 aliphatic heterocycles. The predicted octanol–water partition coefficient (Wildman–Crippen LogP) is 2.13. The molecule has 0 amide bonds. The molecule has 0 saturated carbocycles. The van der Waals surface area contributed by atoms with E-state index in [0.717, 1.165) is 6.42 Å². The molecule has 2 rings (SSSR count). The van der Waals surface area contributed by atoms with Crippen LogP contribution in [0, 0.1) is 11.3 Å². The largest absolute Gasteiger partial charge is 0.244 e. The van der Waals surface area contributed by atoms with E-state index in [1.165, 1.54) is 4.31 Å². The van der Waals surface area contributed by atoms with Gasteiger partial charge in [0, 0.05) is 11.0 Å². The summed E-state index contributed by atoms with van der Waals surface area (Å²) < 4.78 is 26.6. The lowest BCUT2D eigenvalue weighted by atomic mass is 10.2. The van der Waals surface area contributed by atoms with E-state index >= 15 is 0 Å². The lowest BCUT2D eigenvalue weighted by Gasteiger charge is -2.19. The van der Waals surface area contributed by atoms with Crippen molar-refractivity contribution in [2.24, 2.45) is 0 Å². The van der Waals surface area contributed by atoms with Crippen LogP contribution < -0.4 is 0 Å². The Kier molecular flexibility index (Phi) is 3.52. The first-order valence-electron chi connectivity index (χ1n) is 5.23. The summed E-state index contributed by atoms with van der Waals surface area (Å²) in [6.45, 7) is 0.424. The van der Waals surface area contributed by atoms with Crippen molar-refractivity contribution < 1.29 is 8.42 Å². The molecule has 0 aliphatic carbocycles. The first-order chi connectivity index (χ1) is 8.05. The van der Waals surface area contributed by atoms with E-state index < -0.39 is 16.1 Å². The average molecular weight is 315 g/mol. The molecule has 1 atom stereocenters. The van der Waals surface area contributed by atoms with Crippen LogP contribution in [-0.2, 0) is 10.0 Å². The first kappa shape index (κ1) is 12.6. The zero-order chi connectivity index (χ0) is 12.5. The molecular weight excluding hydrogens is 304 g/mol. The summed E-state index contributed by atoms with van der Waals surface area (Å²) in [5, 5.41) is 8.94. The highest BCUT2D eigenvalue weighted by atomic mass is 79.9. The zero-order valence-electron chi connectivity index (χ0n) is 9.01. The Morgan fingerprint density at radius 2 is 2.24 bits per heavy atom. The average Bonchev–Trinajstić information content (AvgIpc) is 2.77. The van der Waals surface area contributed by atoms with Gasteiger partial charge in [0.2, 0.25) is 10.0 Å². The number of nitriles is 1. The lowest BCUT2D eigenvalue weighted by Crippen LogP contribution is -2.34. The van der Waals surface area contributed by atoms with Gasteiger partial charge >= 0.3 is 0 Å². The van der Waals surface area contributed by atoms with Gasteiger partial charge in [0.05, 0.1) is 11.0 Å². The van der Waals surface area contributed by atoms with Crippen molar-refractivity contribution in [2.75, 3.05) is 6.54 Å². The van der Waals surface area contributed by atoms with E-state index in [-0.39, 0.29) is 4.90 Å². The molecule has 0 N–H and O–H groups in total. The highest BCUT2D eigenvalue weighted by Crippen LogP contribution is 2.26. The Balaban J connectivity index is 2.40. The second kappa shape index (κ2) is 4.77. The van der Waals surface area contributed by atoms with Crippen LogP contribution in [0.2, 0.25) is 0 Å². The Hall–Kier alpha value is -0.900. The van der Waals surface area contributed by atoms with Crippen molar-refractivity contribution in [1.29, 1.82) is 5.26 Å². The molecule has 1 aromatic carbocycles. The van der Waals surface area contributed by atoms with Crippen molar-refractivity contribution >= 4 is 26.0 Å². The van der Waals surface area contributed by atoms with Gasteiger partial charge in [-0.25, -0.2) is 8.42 Å². The predicted molar refractivity (Wildman–Crippen MR) is 66.7 cm³/mol. The smallest absolute Gasteiger partial charge is 0.207 e. The minimum absolute atomic E-state index is 0.231.